The molecule has 1 aliphatic rings. The van der Waals surface area contributed by atoms with Crippen molar-refractivity contribution in [1.29, 1.82) is 0 Å². The van der Waals surface area contributed by atoms with E-state index in [2.05, 4.69) is 22.1 Å². The average Bonchev–Trinajstić information content (AvgIpc) is 2.48. The van der Waals surface area contributed by atoms with Crippen molar-refractivity contribution >= 4 is 35.6 Å². The number of nitro benzene ring substituents is 1. The van der Waals surface area contributed by atoms with Crippen LogP contribution in [0, 0.1) is 16.0 Å². The molecule has 6 nitrogen and oxygen atoms in total. The molecule has 1 aliphatic heterocycles. The number of nitrogens with zero attached hydrogens (tertiary/aromatic N) is 3. The van der Waals surface area contributed by atoms with Crippen molar-refractivity contribution in [2.24, 2.45) is 10.9 Å². The molecular weight excluding hydrogens is 395 g/mol. The number of aliphatic imine (C=N–C) groups is 1. The Kier molecular flexibility index (Phi) is 7.57. The second-order valence-corrected chi connectivity index (χ2v) is 5.48. The molecule has 1 saturated heterocycles. The van der Waals surface area contributed by atoms with E-state index in [1.807, 2.05) is 6.07 Å². The molecule has 122 valence electrons. The van der Waals surface area contributed by atoms with Gasteiger partial charge in [0.2, 0.25) is 0 Å². The number of nitro groups is 1. The minimum absolute atomic E-state index is 0. The van der Waals surface area contributed by atoms with Gasteiger partial charge in [-0.1, -0.05) is 25.1 Å². The molecule has 22 heavy (non-hydrogen) atoms. The van der Waals surface area contributed by atoms with Gasteiger partial charge in [-0.25, -0.2) is 0 Å². The van der Waals surface area contributed by atoms with Crippen LogP contribution in [0.5, 0.6) is 0 Å². The normalized spacial score (nSPS) is 18.5. The first kappa shape index (κ1) is 18.7. The fourth-order valence-electron chi connectivity index (χ4n) is 2.73. The van der Waals surface area contributed by atoms with Gasteiger partial charge in [0.15, 0.2) is 5.96 Å². The molecule has 0 aromatic heterocycles. The molecule has 0 spiro atoms. The van der Waals surface area contributed by atoms with Gasteiger partial charge in [-0.3, -0.25) is 15.1 Å². The van der Waals surface area contributed by atoms with E-state index in [-0.39, 0.29) is 34.6 Å². The molecule has 0 aliphatic carbocycles. The van der Waals surface area contributed by atoms with Crippen molar-refractivity contribution < 1.29 is 4.92 Å². The van der Waals surface area contributed by atoms with Gasteiger partial charge < -0.3 is 10.2 Å². The summed E-state index contributed by atoms with van der Waals surface area (Å²) in [7, 11) is 1.75. The second kappa shape index (κ2) is 8.92. The summed E-state index contributed by atoms with van der Waals surface area (Å²) in [4.78, 5) is 17.2. The molecule has 1 aromatic rings. The first-order valence-electron chi connectivity index (χ1n) is 7.29. The lowest BCUT2D eigenvalue weighted by Crippen LogP contribution is -2.45. The molecule has 0 amide bonds. The number of piperidine rings is 1. The molecule has 1 unspecified atom stereocenters. The highest BCUT2D eigenvalue weighted by molar-refractivity contribution is 14.0. The van der Waals surface area contributed by atoms with Crippen LogP contribution in [0.3, 0.4) is 0 Å². The Hall–Kier alpha value is -1.38. The Morgan fingerprint density at radius 2 is 2.23 bits per heavy atom. The molecule has 1 atom stereocenters. The summed E-state index contributed by atoms with van der Waals surface area (Å²) in [6, 6.07) is 6.80. The van der Waals surface area contributed by atoms with Gasteiger partial charge in [-0.05, 0) is 18.8 Å². The Morgan fingerprint density at radius 3 is 2.86 bits per heavy atom. The van der Waals surface area contributed by atoms with Gasteiger partial charge in [0, 0.05) is 38.3 Å². The molecule has 7 heteroatoms. The third-order valence-electron chi connectivity index (χ3n) is 3.79. The minimum Gasteiger partial charge on any atom is -0.352 e. The lowest BCUT2D eigenvalue weighted by Gasteiger charge is -2.33. The standard InChI is InChI=1S/C15H22N4O2.HI/c1-12-6-5-9-18(11-12)15(16-2)17-10-13-7-3-4-8-14(13)19(20)21;/h3-4,7-8,12H,5-6,9-11H2,1-2H3,(H,16,17);1H. The highest BCUT2D eigenvalue weighted by atomic mass is 127. The van der Waals surface area contributed by atoms with Crippen molar-refractivity contribution in [3.63, 3.8) is 0 Å². The lowest BCUT2D eigenvalue weighted by atomic mass is 10.0. The molecule has 2 rings (SSSR count). The second-order valence-electron chi connectivity index (χ2n) is 5.48. The number of halogens is 1. The SMILES string of the molecule is CN=C(NCc1ccccc1[N+](=O)[O-])N1CCCC(C)C1.I. The summed E-state index contributed by atoms with van der Waals surface area (Å²) in [5.41, 5.74) is 0.821. The number of likely N-dealkylation sites (tertiary alicyclic amines) is 1. The topological polar surface area (TPSA) is 70.8 Å². The summed E-state index contributed by atoms with van der Waals surface area (Å²) in [6.45, 7) is 4.62. The van der Waals surface area contributed by atoms with E-state index in [0.717, 1.165) is 25.5 Å². The maximum absolute atomic E-state index is 11.0. The van der Waals surface area contributed by atoms with Crippen LogP contribution in [0.4, 0.5) is 5.69 Å². The summed E-state index contributed by atoms with van der Waals surface area (Å²) in [5.74, 6) is 1.48. The maximum atomic E-state index is 11.0. The van der Waals surface area contributed by atoms with Gasteiger partial charge >= 0.3 is 0 Å². The molecule has 0 bridgehead atoms. The largest absolute Gasteiger partial charge is 0.352 e. The predicted molar refractivity (Wildman–Crippen MR) is 98.7 cm³/mol. The fourth-order valence-corrected chi connectivity index (χ4v) is 2.73. The monoisotopic (exact) mass is 418 g/mol. The zero-order valence-electron chi connectivity index (χ0n) is 13.0. The van der Waals surface area contributed by atoms with Crippen molar-refractivity contribution in [3.8, 4) is 0 Å². The average molecular weight is 418 g/mol. The molecule has 0 saturated carbocycles. The highest BCUT2D eigenvalue weighted by Crippen LogP contribution is 2.18. The Morgan fingerprint density at radius 1 is 1.50 bits per heavy atom. The Bertz CT molecular complexity index is 536. The smallest absolute Gasteiger partial charge is 0.274 e. The molecule has 1 N–H and O–H groups in total. The van der Waals surface area contributed by atoms with Crippen LogP contribution in [0.2, 0.25) is 0 Å². The summed E-state index contributed by atoms with van der Waals surface area (Å²) < 4.78 is 0. The van der Waals surface area contributed by atoms with Gasteiger partial charge in [-0.15, -0.1) is 24.0 Å². The lowest BCUT2D eigenvalue weighted by molar-refractivity contribution is -0.385. The number of hydrogen-bond acceptors (Lipinski definition) is 3. The maximum Gasteiger partial charge on any atom is 0.274 e. The van der Waals surface area contributed by atoms with E-state index in [1.165, 1.54) is 12.5 Å². The molecule has 1 aromatic carbocycles. The first-order valence-corrected chi connectivity index (χ1v) is 7.29. The van der Waals surface area contributed by atoms with Crippen LogP contribution in [-0.4, -0.2) is 35.9 Å². The predicted octanol–water partition coefficient (Wildman–Crippen LogP) is 3.02. The number of rotatable bonds is 3. The Labute approximate surface area is 148 Å². The number of nitrogens with one attached hydrogen (secondary N) is 1. The van der Waals surface area contributed by atoms with E-state index >= 15 is 0 Å². The van der Waals surface area contributed by atoms with Crippen LogP contribution < -0.4 is 5.32 Å². The van der Waals surface area contributed by atoms with E-state index < -0.39 is 0 Å². The number of guanidine groups is 1. The zero-order chi connectivity index (χ0) is 15.2. The zero-order valence-corrected chi connectivity index (χ0v) is 15.3. The van der Waals surface area contributed by atoms with Crippen molar-refractivity contribution in [1.82, 2.24) is 10.2 Å². The summed E-state index contributed by atoms with van der Waals surface area (Å²) in [6.07, 6.45) is 2.41. The number of hydrogen-bond donors (Lipinski definition) is 1. The van der Waals surface area contributed by atoms with E-state index in [1.54, 1.807) is 19.2 Å². The summed E-state index contributed by atoms with van der Waals surface area (Å²) >= 11 is 0. The summed E-state index contributed by atoms with van der Waals surface area (Å²) in [5, 5.41) is 14.3. The first-order chi connectivity index (χ1) is 10.1. The third-order valence-corrected chi connectivity index (χ3v) is 3.79. The highest BCUT2D eigenvalue weighted by Gasteiger charge is 2.20. The van der Waals surface area contributed by atoms with Crippen LogP contribution in [0.15, 0.2) is 29.3 Å². The molecule has 0 radical (unpaired) electrons. The van der Waals surface area contributed by atoms with Crippen molar-refractivity contribution in [3.05, 3.63) is 39.9 Å². The van der Waals surface area contributed by atoms with E-state index in [4.69, 9.17) is 0 Å². The third kappa shape index (κ3) is 4.82. The minimum atomic E-state index is -0.345. The van der Waals surface area contributed by atoms with Gasteiger partial charge in [0.1, 0.15) is 0 Å². The molecular formula is C15H23IN4O2. The van der Waals surface area contributed by atoms with Gasteiger partial charge in [0.25, 0.3) is 5.69 Å². The van der Waals surface area contributed by atoms with Crippen molar-refractivity contribution in [2.75, 3.05) is 20.1 Å². The van der Waals surface area contributed by atoms with Gasteiger partial charge in [-0.2, -0.15) is 0 Å². The quantitative estimate of drug-likeness (QED) is 0.269. The fraction of sp³-hybridized carbons (Fsp3) is 0.533. The molecule has 1 fully saturated rings. The molecule has 1 heterocycles. The van der Waals surface area contributed by atoms with E-state index in [9.17, 15) is 10.1 Å². The van der Waals surface area contributed by atoms with Crippen LogP contribution in [0.1, 0.15) is 25.3 Å². The number of para-hydroxylation sites is 1. The van der Waals surface area contributed by atoms with Crippen LogP contribution in [0.25, 0.3) is 0 Å². The van der Waals surface area contributed by atoms with Crippen LogP contribution in [-0.2, 0) is 6.54 Å². The van der Waals surface area contributed by atoms with E-state index in [0.29, 0.717) is 18.0 Å². The number of benzene rings is 1. The Balaban J connectivity index is 0.00000242. The van der Waals surface area contributed by atoms with Crippen LogP contribution >= 0.6 is 24.0 Å². The van der Waals surface area contributed by atoms with Gasteiger partial charge in [0.05, 0.1) is 4.92 Å². The van der Waals surface area contributed by atoms with Crippen molar-refractivity contribution in [2.45, 2.75) is 26.3 Å².